The molecule has 0 N–H and O–H groups in total. The maximum Gasteiger partial charge on any atom is 0.419 e. The highest BCUT2D eigenvalue weighted by molar-refractivity contribution is 7.88. The third kappa shape index (κ3) is 4.49. The zero-order valence-electron chi connectivity index (χ0n) is 10.6. The number of halogens is 3. The molecule has 112 valence electrons. The summed E-state index contributed by atoms with van der Waals surface area (Å²) in [5, 5.41) is 0. The summed E-state index contributed by atoms with van der Waals surface area (Å²) in [7, 11) is -2.50. The third-order valence-corrected chi connectivity index (χ3v) is 3.60. The van der Waals surface area contributed by atoms with Gasteiger partial charge >= 0.3 is 12.1 Å². The molecular weight excluding hydrogens is 299 g/mol. The number of carbonyl (C=O) groups excluding carboxylic acids is 1. The van der Waals surface area contributed by atoms with Crippen LogP contribution in [-0.4, -0.2) is 38.5 Å². The van der Waals surface area contributed by atoms with Gasteiger partial charge in [-0.15, -0.1) is 0 Å². The van der Waals surface area contributed by atoms with Crippen LogP contribution in [0.3, 0.4) is 0 Å². The Morgan fingerprint density at radius 3 is 2.35 bits per heavy atom. The monoisotopic (exact) mass is 311 g/mol. The average molecular weight is 311 g/mol. The number of hydrogen-bond acceptors (Lipinski definition) is 4. The SMILES string of the molecule is CN(CC(=O)Oc1ccccc1C(F)(F)F)S(C)(=O)=O. The molecule has 0 bridgehead atoms. The molecule has 0 spiro atoms. The number of rotatable bonds is 4. The van der Waals surface area contributed by atoms with E-state index in [9.17, 15) is 26.4 Å². The van der Waals surface area contributed by atoms with Gasteiger partial charge in [0.05, 0.1) is 11.8 Å². The van der Waals surface area contributed by atoms with E-state index >= 15 is 0 Å². The zero-order chi connectivity index (χ0) is 15.6. The molecule has 0 saturated carbocycles. The predicted molar refractivity (Wildman–Crippen MR) is 64.6 cm³/mol. The highest BCUT2D eigenvalue weighted by Gasteiger charge is 2.34. The molecule has 0 heterocycles. The van der Waals surface area contributed by atoms with Crippen LogP contribution >= 0.6 is 0 Å². The molecular formula is C11H12F3NO4S. The number of sulfonamides is 1. The zero-order valence-corrected chi connectivity index (χ0v) is 11.5. The minimum Gasteiger partial charge on any atom is -0.425 e. The smallest absolute Gasteiger partial charge is 0.419 e. The van der Waals surface area contributed by atoms with Crippen molar-refractivity contribution >= 4 is 16.0 Å². The first kappa shape index (κ1) is 16.4. The number of benzene rings is 1. The van der Waals surface area contributed by atoms with Crippen molar-refractivity contribution < 1.29 is 31.1 Å². The summed E-state index contributed by atoms with van der Waals surface area (Å²) in [6.07, 6.45) is -3.80. The van der Waals surface area contributed by atoms with Gasteiger partial charge in [-0.1, -0.05) is 12.1 Å². The Labute approximate surface area is 114 Å². The highest BCUT2D eigenvalue weighted by Crippen LogP contribution is 2.35. The minimum atomic E-state index is -4.67. The lowest BCUT2D eigenvalue weighted by Gasteiger charge is -2.15. The van der Waals surface area contributed by atoms with Crippen LogP contribution in [0.1, 0.15) is 5.56 Å². The molecule has 20 heavy (non-hydrogen) atoms. The van der Waals surface area contributed by atoms with E-state index in [4.69, 9.17) is 0 Å². The molecule has 0 amide bonds. The molecule has 0 saturated heterocycles. The van der Waals surface area contributed by atoms with Gasteiger partial charge < -0.3 is 4.74 Å². The second-order valence-corrected chi connectivity index (χ2v) is 6.08. The van der Waals surface area contributed by atoms with Gasteiger partial charge in [-0.05, 0) is 12.1 Å². The Morgan fingerprint density at radius 1 is 1.30 bits per heavy atom. The van der Waals surface area contributed by atoms with Crippen molar-refractivity contribution in [3.8, 4) is 5.75 Å². The van der Waals surface area contributed by atoms with Crippen molar-refractivity contribution in [2.24, 2.45) is 0 Å². The summed E-state index contributed by atoms with van der Waals surface area (Å²) in [5.74, 6) is -1.76. The third-order valence-electron chi connectivity index (χ3n) is 2.33. The number of likely N-dealkylation sites (N-methyl/N-ethyl adjacent to an activating group) is 1. The van der Waals surface area contributed by atoms with Gasteiger partial charge in [0.2, 0.25) is 10.0 Å². The number of esters is 1. The Balaban J connectivity index is 2.87. The van der Waals surface area contributed by atoms with E-state index in [0.29, 0.717) is 4.31 Å². The first-order valence-corrected chi connectivity index (χ1v) is 7.15. The van der Waals surface area contributed by atoms with Crippen LogP contribution in [0.5, 0.6) is 5.75 Å². The number of hydrogen-bond donors (Lipinski definition) is 0. The standard InChI is InChI=1S/C11H12F3NO4S/c1-15(20(2,17)18)7-10(16)19-9-6-4-3-5-8(9)11(12,13)14/h3-6H,7H2,1-2H3. The fourth-order valence-electron chi connectivity index (χ4n) is 1.24. The van der Waals surface area contributed by atoms with Crippen molar-refractivity contribution in [2.75, 3.05) is 19.8 Å². The quantitative estimate of drug-likeness (QED) is 0.624. The Bertz CT molecular complexity index is 598. The summed E-state index contributed by atoms with van der Waals surface area (Å²) in [6, 6.07) is 4.19. The Kier molecular flexibility index (Phi) is 4.77. The van der Waals surface area contributed by atoms with E-state index in [1.165, 1.54) is 6.07 Å². The summed E-state index contributed by atoms with van der Waals surface area (Å²) in [5.41, 5.74) is -1.10. The first-order chi connectivity index (χ1) is 9.01. The highest BCUT2D eigenvalue weighted by atomic mass is 32.2. The molecule has 0 radical (unpaired) electrons. The molecule has 1 rings (SSSR count). The van der Waals surface area contributed by atoms with Crippen LogP contribution in [-0.2, 0) is 21.0 Å². The maximum atomic E-state index is 12.7. The van der Waals surface area contributed by atoms with Crippen molar-refractivity contribution in [3.63, 3.8) is 0 Å². The molecule has 0 aliphatic rings. The molecule has 1 aromatic carbocycles. The van der Waals surface area contributed by atoms with Crippen LogP contribution in [0.4, 0.5) is 13.2 Å². The van der Waals surface area contributed by atoms with Gasteiger partial charge in [0.15, 0.2) is 0 Å². The molecule has 0 atom stereocenters. The number of alkyl halides is 3. The number of ether oxygens (including phenoxy) is 1. The van der Waals surface area contributed by atoms with Crippen molar-refractivity contribution in [1.82, 2.24) is 4.31 Å². The lowest BCUT2D eigenvalue weighted by molar-refractivity contribution is -0.142. The second-order valence-electron chi connectivity index (χ2n) is 3.99. The van der Waals surface area contributed by atoms with Gasteiger partial charge in [-0.2, -0.15) is 17.5 Å². The molecule has 0 unspecified atom stereocenters. The molecule has 0 aliphatic carbocycles. The molecule has 1 aromatic rings. The van der Waals surface area contributed by atoms with Gasteiger partial charge in [-0.25, -0.2) is 8.42 Å². The molecule has 5 nitrogen and oxygen atoms in total. The molecule has 0 aromatic heterocycles. The fourth-order valence-corrected chi connectivity index (χ4v) is 1.58. The fraction of sp³-hybridized carbons (Fsp3) is 0.364. The normalized spacial score (nSPS) is 12.5. The summed E-state index contributed by atoms with van der Waals surface area (Å²) < 4.78 is 65.4. The van der Waals surface area contributed by atoms with Gasteiger partial charge in [0, 0.05) is 7.05 Å². The predicted octanol–water partition coefficient (Wildman–Crippen LogP) is 1.50. The van der Waals surface area contributed by atoms with Gasteiger partial charge in [0.1, 0.15) is 12.3 Å². The van der Waals surface area contributed by atoms with E-state index in [0.717, 1.165) is 31.5 Å². The van der Waals surface area contributed by atoms with Crippen LogP contribution in [0, 0.1) is 0 Å². The van der Waals surface area contributed by atoms with Crippen LogP contribution < -0.4 is 4.74 Å². The lowest BCUT2D eigenvalue weighted by atomic mass is 10.2. The van der Waals surface area contributed by atoms with Gasteiger partial charge in [0.25, 0.3) is 0 Å². The summed E-state index contributed by atoms with van der Waals surface area (Å²) >= 11 is 0. The molecule has 9 heteroatoms. The first-order valence-electron chi connectivity index (χ1n) is 5.30. The van der Waals surface area contributed by atoms with Crippen molar-refractivity contribution in [2.45, 2.75) is 6.18 Å². The summed E-state index contributed by atoms with van der Waals surface area (Å²) in [4.78, 5) is 11.5. The largest absolute Gasteiger partial charge is 0.425 e. The number of para-hydroxylation sites is 1. The van der Waals surface area contributed by atoms with Gasteiger partial charge in [-0.3, -0.25) is 4.79 Å². The topological polar surface area (TPSA) is 63.7 Å². The van der Waals surface area contributed by atoms with E-state index in [2.05, 4.69) is 4.74 Å². The Hall–Kier alpha value is -1.61. The molecule has 0 fully saturated rings. The number of carbonyl (C=O) groups is 1. The van der Waals surface area contributed by atoms with E-state index in [1.807, 2.05) is 0 Å². The summed E-state index contributed by atoms with van der Waals surface area (Å²) in [6.45, 7) is -0.676. The second kappa shape index (κ2) is 5.80. The van der Waals surface area contributed by atoms with E-state index < -0.39 is 40.0 Å². The van der Waals surface area contributed by atoms with Crippen LogP contribution in [0.15, 0.2) is 24.3 Å². The lowest BCUT2D eigenvalue weighted by Crippen LogP contribution is -2.33. The van der Waals surface area contributed by atoms with Crippen LogP contribution in [0.2, 0.25) is 0 Å². The Morgan fingerprint density at radius 2 is 1.85 bits per heavy atom. The van der Waals surface area contributed by atoms with Crippen LogP contribution in [0.25, 0.3) is 0 Å². The average Bonchev–Trinajstić information content (AvgIpc) is 2.26. The maximum absolute atomic E-state index is 12.7. The van der Waals surface area contributed by atoms with E-state index in [-0.39, 0.29) is 0 Å². The van der Waals surface area contributed by atoms with Crippen molar-refractivity contribution in [3.05, 3.63) is 29.8 Å². The van der Waals surface area contributed by atoms with Crippen molar-refractivity contribution in [1.29, 1.82) is 0 Å². The van der Waals surface area contributed by atoms with E-state index in [1.54, 1.807) is 0 Å². The molecule has 0 aliphatic heterocycles. The minimum absolute atomic E-state index is 0.660. The number of nitrogens with zero attached hydrogens (tertiary/aromatic N) is 1.